The molecule has 3 N–H and O–H groups in total. The summed E-state index contributed by atoms with van der Waals surface area (Å²) in [6.07, 6.45) is -11.5. The van der Waals surface area contributed by atoms with Gasteiger partial charge < -0.3 is 67.4 Å². The third kappa shape index (κ3) is 29.4. The van der Waals surface area contributed by atoms with Crippen LogP contribution in [-0.2, 0) is 105 Å². The summed E-state index contributed by atoms with van der Waals surface area (Å²) < 4.78 is 132. The summed E-state index contributed by atoms with van der Waals surface area (Å²) in [6.45, 7) is 33.1. The van der Waals surface area contributed by atoms with Crippen molar-refractivity contribution in [2.75, 3.05) is 39.6 Å². The fourth-order valence-electron chi connectivity index (χ4n) is 11.0. The fraction of sp³-hybridized carbons (Fsp3) is 0.857. The van der Waals surface area contributed by atoms with Crippen LogP contribution in [0.25, 0.3) is 0 Å². The van der Waals surface area contributed by atoms with Gasteiger partial charge in [-0.3, -0.25) is 38.4 Å². The van der Waals surface area contributed by atoms with Crippen LogP contribution in [0.1, 0.15) is 250 Å². The quantitative estimate of drug-likeness (QED) is 0.0391. The summed E-state index contributed by atoms with van der Waals surface area (Å²) >= 11 is 0. The molecule has 6 fully saturated rings. The molecule has 13 unspecified atom stereocenters. The summed E-state index contributed by atoms with van der Waals surface area (Å²) in [5, 5.41) is 28.9. The number of aliphatic hydroxyl groups is 3. The first-order chi connectivity index (χ1) is 45.1. The molecule has 31 heteroatoms. The van der Waals surface area contributed by atoms with Crippen LogP contribution in [0.15, 0.2) is 0 Å². The minimum absolute atomic E-state index is 0. The van der Waals surface area contributed by atoms with Crippen molar-refractivity contribution in [3.63, 3.8) is 0 Å². The van der Waals surface area contributed by atoms with Gasteiger partial charge in [0.15, 0.2) is 29.5 Å². The molecule has 108 heavy (non-hydrogen) atoms. The first-order valence-corrected chi connectivity index (χ1v) is 33.5. The molecule has 638 valence electrons. The number of rotatable bonds is 27. The lowest BCUT2D eigenvalue weighted by Crippen LogP contribution is -2.46. The lowest BCUT2D eigenvalue weighted by atomic mass is 9.78. The van der Waals surface area contributed by atoms with Crippen LogP contribution in [0, 0.1) is 79.8 Å². The van der Waals surface area contributed by atoms with Crippen molar-refractivity contribution in [1.82, 2.24) is 0 Å². The zero-order valence-electron chi connectivity index (χ0n) is 61.6. The number of esters is 11. The zero-order valence-corrected chi connectivity index (χ0v) is 61.6. The van der Waals surface area contributed by atoms with Crippen molar-refractivity contribution in [3.05, 3.63) is 0 Å². The SMILES string of the molecule is C.C.C.C.C.C.C.C.CCC(C)(C)C(=O)OC1C2CC3C1OC(=O)C3C2C(=O)OC(C)C(F)(F)F.CCC(C)(C)C(=O)OC1C2CC3C1OC(=O)C3C2C(=O)OCC(F)(F)F.CCC(C)(C)C(=O)OCC(C)(C)COC(=O)C(C)(C)O.CCC(C)(C)C(=O)OCC(C)(COC(=O)C(C)(C)O)COC(=O)C(C)(C)O. The molecule has 0 aromatic heterocycles. The molecule has 13 atom stereocenters. The predicted molar refractivity (Wildman–Crippen MR) is 391 cm³/mol. The van der Waals surface area contributed by atoms with Gasteiger partial charge in [-0.05, 0) is 149 Å². The molecule has 0 aromatic carbocycles. The summed E-state index contributed by atoms with van der Waals surface area (Å²) in [4.78, 5) is 133. The van der Waals surface area contributed by atoms with Gasteiger partial charge in [-0.1, -0.05) is 101 Å². The van der Waals surface area contributed by atoms with Gasteiger partial charge in [0.05, 0.1) is 64.0 Å². The van der Waals surface area contributed by atoms with E-state index in [0.29, 0.717) is 38.5 Å². The molecule has 2 aliphatic heterocycles. The number of halogens is 6. The maximum atomic E-state index is 12.7. The lowest BCUT2D eigenvalue weighted by molar-refractivity contribution is -0.220. The molecule has 6 aliphatic rings. The van der Waals surface area contributed by atoms with Crippen LogP contribution >= 0.6 is 0 Å². The van der Waals surface area contributed by atoms with E-state index in [-0.39, 0.29) is 110 Å². The van der Waals surface area contributed by atoms with E-state index in [1.54, 1.807) is 48.5 Å². The third-order valence-electron chi connectivity index (χ3n) is 19.3. The van der Waals surface area contributed by atoms with Crippen LogP contribution in [-0.4, -0.2) is 180 Å². The monoisotopic (exact) mass is 1580 g/mol. The van der Waals surface area contributed by atoms with Gasteiger partial charge in [-0.25, -0.2) is 14.4 Å². The third-order valence-corrected chi connectivity index (χ3v) is 19.3. The molecular weight excluding hydrogens is 1440 g/mol. The number of ether oxygens (including phenoxy) is 11. The minimum Gasteiger partial charge on any atom is -0.465 e. The van der Waals surface area contributed by atoms with Crippen LogP contribution in [0.4, 0.5) is 26.3 Å². The number of fused-ring (bicyclic) bond motifs is 2. The van der Waals surface area contributed by atoms with E-state index < -0.39 is 194 Å². The van der Waals surface area contributed by atoms with Gasteiger partial charge in [0.2, 0.25) is 0 Å². The highest BCUT2D eigenvalue weighted by molar-refractivity contribution is 5.88. The Morgan fingerprint density at radius 3 is 0.944 bits per heavy atom. The molecule has 25 nitrogen and oxygen atoms in total. The summed E-state index contributed by atoms with van der Waals surface area (Å²) in [5.41, 5.74) is -9.16. The van der Waals surface area contributed by atoms with E-state index in [4.69, 9.17) is 42.6 Å². The Morgan fingerprint density at radius 2 is 0.667 bits per heavy atom. The van der Waals surface area contributed by atoms with Gasteiger partial charge in [0.25, 0.3) is 0 Å². The van der Waals surface area contributed by atoms with E-state index in [1.807, 2.05) is 55.4 Å². The summed E-state index contributed by atoms with van der Waals surface area (Å²) in [5.74, 6) is -13.2. The standard InChI is InChI=1S/C19H34O8.C18H23F3O6.C17H21F3O6.C15H28O5.8CH4/c1-9-16(2,3)13(20)25-10-19(8,11-26-14(21)17(4,5)23)12-27-15(22)18(6,7)24;1-5-17(3,4)16(24)27-13-9-6-8-11(15(23)26-12(8)13)10(9)14(22)25-7(2)18(19,20)21;1-4-16(2,3)15(23)26-12-7-5-8-10(14(22)25-11(8)12)9(7)13(21)24-6-17(18,19)20;1-8-14(4,5)11(16)19-9-13(2,3)10-20-12(17)15(6,7)18;;;;;;;;/h23-24H,9-12H2,1-8H3;7-13H,5-6H2,1-4H3;7-12H,4-6H2,1-3H3;18H,8-10H2,1-7H3;8*1H4. The van der Waals surface area contributed by atoms with Crippen molar-refractivity contribution in [3.8, 4) is 0 Å². The first-order valence-electron chi connectivity index (χ1n) is 33.5. The minimum atomic E-state index is -4.69. The molecule has 0 amide bonds. The molecule has 4 aliphatic carbocycles. The Hall–Kier alpha value is -6.37. The van der Waals surface area contributed by atoms with Gasteiger partial charge in [0, 0.05) is 29.1 Å². The number of carbonyl (C=O) groups excluding carboxylic acids is 11. The van der Waals surface area contributed by atoms with Crippen molar-refractivity contribution in [2.45, 2.75) is 310 Å². The molecule has 0 aromatic rings. The highest BCUT2D eigenvalue weighted by atomic mass is 19.4. The molecule has 4 bridgehead atoms. The molecule has 0 spiro atoms. The summed E-state index contributed by atoms with van der Waals surface area (Å²) in [7, 11) is 0. The maximum absolute atomic E-state index is 12.7. The largest absolute Gasteiger partial charge is 0.465 e. The highest BCUT2D eigenvalue weighted by Crippen LogP contribution is 2.61. The van der Waals surface area contributed by atoms with E-state index >= 15 is 0 Å². The number of hydrogen-bond donors (Lipinski definition) is 3. The van der Waals surface area contributed by atoms with Crippen molar-refractivity contribution in [1.29, 1.82) is 0 Å². The average molecular weight is 1580 g/mol. The fourth-order valence-corrected chi connectivity index (χ4v) is 11.0. The smallest absolute Gasteiger partial charge is 0.425 e. The Bertz CT molecular complexity index is 2920. The van der Waals surface area contributed by atoms with Crippen LogP contribution < -0.4 is 0 Å². The second kappa shape index (κ2) is 41.8. The average Bonchev–Trinajstić information content (AvgIpc) is 1.55. The zero-order chi connectivity index (χ0) is 77.6. The normalized spacial score (nSPS) is 23.1. The lowest BCUT2D eigenvalue weighted by Gasteiger charge is -2.33. The Kier molecular flexibility index (Phi) is 43.5. The molecule has 2 heterocycles. The van der Waals surface area contributed by atoms with E-state index in [9.17, 15) is 94.4 Å². The Labute approximate surface area is 639 Å². The molecular formula is C77H138F6O25. The molecule has 0 radical (unpaired) electrons. The van der Waals surface area contributed by atoms with Crippen LogP contribution in [0.2, 0.25) is 0 Å². The Morgan fingerprint density at radius 1 is 0.398 bits per heavy atom. The van der Waals surface area contributed by atoms with E-state index in [1.165, 1.54) is 41.5 Å². The number of hydrogen-bond acceptors (Lipinski definition) is 25. The topological polar surface area (TPSA) is 350 Å². The summed E-state index contributed by atoms with van der Waals surface area (Å²) in [6, 6.07) is 0. The van der Waals surface area contributed by atoms with Crippen molar-refractivity contribution < 1.29 is 147 Å². The van der Waals surface area contributed by atoms with Gasteiger partial charge in [0.1, 0.15) is 44.2 Å². The Balaban J connectivity index is -0.000000315. The van der Waals surface area contributed by atoms with E-state index in [2.05, 4.69) is 9.47 Å². The van der Waals surface area contributed by atoms with Crippen LogP contribution in [0.5, 0.6) is 0 Å². The number of carbonyl (C=O) groups is 11. The van der Waals surface area contributed by atoms with Crippen LogP contribution in [0.3, 0.4) is 0 Å². The predicted octanol–water partition coefficient (Wildman–Crippen LogP) is 13.9. The van der Waals surface area contributed by atoms with Crippen molar-refractivity contribution >= 4 is 65.7 Å². The van der Waals surface area contributed by atoms with Crippen molar-refractivity contribution in [2.24, 2.45) is 79.8 Å². The molecule has 6 rings (SSSR count). The van der Waals surface area contributed by atoms with Gasteiger partial charge >= 0.3 is 78.0 Å². The maximum Gasteiger partial charge on any atom is 0.425 e. The second-order valence-corrected chi connectivity index (χ2v) is 32.1. The van der Waals surface area contributed by atoms with Gasteiger partial charge in [-0.15, -0.1) is 0 Å². The van der Waals surface area contributed by atoms with Gasteiger partial charge in [-0.2, -0.15) is 26.3 Å². The first kappa shape index (κ1) is 113. The van der Waals surface area contributed by atoms with E-state index in [0.717, 1.165) is 6.92 Å². The second-order valence-electron chi connectivity index (χ2n) is 32.1. The number of alkyl halides is 6. The molecule has 2 saturated heterocycles. The highest BCUT2D eigenvalue weighted by Gasteiger charge is 2.72. The molecule has 4 saturated carbocycles.